The molecule has 2 N–H and O–H groups in total. The minimum atomic E-state index is -3.33. The van der Waals surface area contributed by atoms with Crippen molar-refractivity contribution in [2.24, 2.45) is 0 Å². The standard InChI is InChI=1S/C17H20N2O4S/c1-12-7-8-15(24(3,21)22)10-16(12)19-17(20)18-11-13-5-4-6-14(9-13)23-2/h4-10H,11H2,1-3H3,(H2,18,19,20). The lowest BCUT2D eigenvalue weighted by atomic mass is 10.2. The summed E-state index contributed by atoms with van der Waals surface area (Å²) in [6.45, 7) is 2.12. The number of urea groups is 1. The average molecular weight is 348 g/mol. The molecule has 0 saturated carbocycles. The van der Waals surface area contributed by atoms with E-state index in [1.165, 1.54) is 12.1 Å². The number of rotatable bonds is 5. The molecule has 0 spiro atoms. The molecule has 0 radical (unpaired) electrons. The Bertz CT molecular complexity index is 847. The number of aryl methyl sites for hydroxylation is 1. The Labute approximate surface area is 141 Å². The van der Waals surface area contributed by atoms with E-state index in [0.717, 1.165) is 17.4 Å². The van der Waals surface area contributed by atoms with E-state index in [-0.39, 0.29) is 4.90 Å². The molecule has 128 valence electrons. The predicted octanol–water partition coefficient (Wildman–Crippen LogP) is 2.73. The summed E-state index contributed by atoms with van der Waals surface area (Å²) < 4.78 is 28.4. The van der Waals surface area contributed by atoms with Crippen LogP contribution in [0.2, 0.25) is 0 Å². The number of benzene rings is 2. The van der Waals surface area contributed by atoms with Gasteiger partial charge in [0.25, 0.3) is 0 Å². The fourth-order valence-electron chi connectivity index (χ4n) is 2.10. The SMILES string of the molecule is COc1cccc(CNC(=O)Nc2cc(S(C)(=O)=O)ccc2C)c1. The molecule has 6 nitrogen and oxygen atoms in total. The van der Waals surface area contributed by atoms with Crippen LogP contribution in [0, 0.1) is 6.92 Å². The molecule has 2 aromatic carbocycles. The highest BCUT2D eigenvalue weighted by atomic mass is 32.2. The number of sulfone groups is 1. The van der Waals surface area contributed by atoms with E-state index in [9.17, 15) is 13.2 Å². The molecule has 2 amide bonds. The van der Waals surface area contributed by atoms with Crippen molar-refractivity contribution in [3.63, 3.8) is 0 Å². The fraction of sp³-hybridized carbons (Fsp3) is 0.235. The first kappa shape index (κ1) is 17.8. The van der Waals surface area contributed by atoms with Gasteiger partial charge in [0.1, 0.15) is 5.75 Å². The van der Waals surface area contributed by atoms with Crippen molar-refractivity contribution in [2.75, 3.05) is 18.7 Å². The van der Waals surface area contributed by atoms with Crippen LogP contribution in [0.4, 0.5) is 10.5 Å². The van der Waals surface area contributed by atoms with Crippen LogP contribution in [0.3, 0.4) is 0 Å². The highest BCUT2D eigenvalue weighted by Gasteiger charge is 2.11. The van der Waals surface area contributed by atoms with Crippen molar-refractivity contribution >= 4 is 21.6 Å². The van der Waals surface area contributed by atoms with Gasteiger partial charge in [-0.25, -0.2) is 13.2 Å². The number of ether oxygens (including phenoxy) is 1. The molecule has 2 aromatic rings. The lowest BCUT2D eigenvalue weighted by molar-refractivity contribution is 0.251. The van der Waals surface area contributed by atoms with Gasteiger partial charge < -0.3 is 15.4 Å². The van der Waals surface area contributed by atoms with Gasteiger partial charge in [-0.1, -0.05) is 18.2 Å². The van der Waals surface area contributed by atoms with E-state index in [1.54, 1.807) is 20.1 Å². The van der Waals surface area contributed by atoms with Crippen LogP contribution in [0.5, 0.6) is 5.75 Å². The Morgan fingerprint density at radius 1 is 1.17 bits per heavy atom. The van der Waals surface area contributed by atoms with Gasteiger partial charge in [-0.2, -0.15) is 0 Å². The summed E-state index contributed by atoms with van der Waals surface area (Å²) in [6, 6.07) is 11.6. The molecule has 0 saturated heterocycles. The van der Waals surface area contributed by atoms with Gasteiger partial charge in [-0.3, -0.25) is 0 Å². The van der Waals surface area contributed by atoms with Crippen molar-refractivity contribution in [3.8, 4) is 5.75 Å². The number of carbonyl (C=O) groups is 1. The van der Waals surface area contributed by atoms with E-state index in [0.29, 0.717) is 18.0 Å². The zero-order chi connectivity index (χ0) is 17.7. The van der Waals surface area contributed by atoms with Crippen molar-refractivity contribution in [1.82, 2.24) is 5.32 Å². The number of hydrogen-bond donors (Lipinski definition) is 2. The maximum atomic E-state index is 12.1. The average Bonchev–Trinajstić information content (AvgIpc) is 2.54. The van der Waals surface area contributed by atoms with Crippen molar-refractivity contribution in [3.05, 3.63) is 53.6 Å². The van der Waals surface area contributed by atoms with Crippen LogP contribution < -0.4 is 15.4 Å². The van der Waals surface area contributed by atoms with E-state index in [2.05, 4.69) is 10.6 Å². The number of amides is 2. The molecule has 0 atom stereocenters. The number of nitrogens with one attached hydrogen (secondary N) is 2. The summed E-state index contributed by atoms with van der Waals surface area (Å²) in [6.07, 6.45) is 1.13. The number of anilines is 1. The lowest BCUT2D eigenvalue weighted by Crippen LogP contribution is -2.28. The maximum absolute atomic E-state index is 12.1. The second-order valence-electron chi connectivity index (χ2n) is 5.41. The lowest BCUT2D eigenvalue weighted by Gasteiger charge is -2.11. The topological polar surface area (TPSA) is 84.5 Å². The molecular weight excluding hydrogens is 328 g/mol. The molecule has 0 aliphatic carbocycles. The zero-order valence-corrected chi connectivity index (χ0v) is 14.6. The predicted molar refractivity (Wildman–Crippen MR) is 93.1 cm³/mol. The third kappa shape index (κ3) is 4.73. The normalized spacial score (nSPS) is 11.0. The second-order valence-corrected chi connectivity index (χ2v) is 7.42. The molecule has 0 heterocycles. The Balaban J connectivity index is 2.04. The van der Waals surface area contributed by atoms with E-state index in [1.807, 2.05) is 24.3 Å². The van der Waals surface area contributed by atoms with Crippen LogP contribution in [-0.4, -0.2) is 27.8 Å². The fourth-order valence-corrected chi connectivity index (χ4v) is 2.74. The number of carbonyl (C=O) groups excluding carboxylic acids is 1. The molecule has 24 heavy (non-hydrogen) atoms. The van der Waals surface area contributed by atoms with Gasteiger partial charge in [0.15, 0.2) is 9.84 Å². The number of methoxy groups -OCH3 is 1. The first-order chi connectivity index (χ1) is 11.3. The van der Waals surface area contributed by atoms with E-state index >= 15 is 0 Å². The molecule has 0 aromatic heterocycles. The molecule has 0 aliphatic heterocycles. The van der Waals surface area contributed by atoms with Gasteiger partial charge in [-0.15, -0.1) is 0 Å². The Hall–Kier alpha value is -2.54. The van der Waals surface area contributed by atoms with Crippen LogP contribution in [0.15, 0.2) is 47.4 Å². The van der Waals surface area contributed by atoms with Crippen LogP contribution in [0.1, 0.15) is 11.1 Å². The minimum absolute atomic E-state index is 0.163. The van der Waals surface area contributed by atoms with Gasteiger partial charge in [0, 0.05) is 18.5 Å². The van der Waals surface area contributed by atoms with Crippen molar-refractivity contribution < 1.29 is 17.9 Å². The van der Waals surface area contributed by atoms with Crippen LogP contribution in [0.25, 0.3) is 0 Å². The summed E-state index contributed by atoms with van der Waals surface area (Å²) in [5.74, 6) is 0.714. The quantitative estimate of drug-likeness (QED) is 0.870. The first-order valence-electron chi connectivity index (χ1n) is 7.28. The second kappa shape index (κ2) is 7.35. The summed E-state index contributed by atoms with van der Waals surface area (Å²) in [5.41, 5.74) is 2.13. The van der Waals surface area contributed by atoms with Gasteiger partial charge in [-0.05, 0) is 42.3 Å². The largest absolute Gasteiger partial charge is 0.497 e. The number of hydrogen-bond acceptors (Lipinski definition) is 4. The molecule has 0 aliphatic rings. The van der Waals surface area contributed by atoms with Crippen LogP contribution in [-0.2, 0) is 16.4 Å². The summed E-state index contributed by atoms with van der Waals surface area (Å²) in [5, 5.41) is 5.40. The third-order valence-electron chi connectivity index (χ3n) is 3.47. The first-order valence-corrected chi connectivity index (χ1v) is 9.17. The molecule has 2 rings (SSSR count). The third-order valence-corrected chi connectivity index (χ3v) is 4.58. The Morgan fingerprint density at radius 3 is 2.58 bits per heavy atom. The Kier molecular flexibility index (Phi) is 5.46. The summed E-state index contributed by atoms with van der Waals surface area (Å²) in [4.78, 5) is 12.2. The highest BCUT2D eigenvalue weighted by Crippen LogP contribution is 2.20. The summed E-state index contributed by atoms with van der Waals surface area (Å²) >= 11 is 0. The maximum Gasteiger partial charge on any atom is 0.319 e. The molecule has 0 fully saturated rings. The highest BCUT2D eigenvalue weighted by molar-refractivity contribution is 7.90. The molecular formula is C17H20N2O4S. The Morgan fingerprint density at radius 2 is 1.92 bits per heavy atom. The monoisotopic (exact) mass is 348 g/mol. The van der Waals surface area contributed by atoms with Crippen molar-refractivity contribution in [2.45, 2.75) is 18.4 Å². The van der Waals surface area contributed by atoms with Gasteiger partial charge in [0.05, 0.1) is 12.0 Å². The van der Waals surface area contributed by atoms with E-state index < -0.39 is 15.9 Å². The smallest absolute Gasteiger partial charge is 0.319 e. The minimum Gasteiger partial charge on any atom is -0.497 e. The van der Waals surface area contributed by atoms with E-state index in [4.69, 9.17) is 4.74 Å². The van der Waals surface area contributed by atoms with Crippen molar-refractivity contribution in [1.29, 1.82) is 0 Å². The molecule has 7 heteroatoms. The molecule has 0 bridgehead atoms. The summed E-state index contributed by atoms with van der Waals surface area (Å²) in [7, 11) is -1.75. The molecule has 0 unspecified atom stereocenters. The zero-order valence-electron chi connectivity index (χ0n) is 13.8. The van der Waals surface area contributed by atoms with Gasteiger partial charge >= 0.3 is 6.03 Å². The van der Waals surface area contributed by atoms with Crippen LogP contribution >= 0.6 is 0 Å². The van der Waals surface area contributed by atoms with Gasteiger partial charge in [0.2, 0.25) is 0 Å².